The van der Waals surface area contributed by atoms with E-state index in [1.165, 1.54) is 18.2 Å². The molecule has 1 fully saturated rings. The summed E-state index contributed by atoms with van der Waals surface area (Å²) in [7, 11) is 0. The van der Waals surface area contributed by atoms with Gasteiger partial charge in [-0.3, -0.25) is 14.9 Å². The molecule has 7 heteroatoms. The van der Waals surface area contributed by atoms with Gasteiger partial charge in [-0.2, -0.15) is 0 Å². The number of benzene rings is 2. The number of piperidine rings is 1. The van der Waals surface area contributed by atoms with Crippen LogP contribution in [-0.4, -0.2) is 34.7 Å². The van der Waals surface area contributed by atoms with Gasteiger partial charge in [-0.1, -0.05) is 36.4 Å². The van der Waals surface area contributed by atoms with Gasteiger partial charge in [0.05, 0.1) is 4.92 Å². The number of nitrogens with zero attached hydrogens (tertiary/aromatic N) is 2. The van der Waals surface area contributed by atoms with Crippen LogP contribution < -0.4 is 5.32 Å². The number of amides is 2. The lowest BCUT2D eigenvalue weighted by molar-refractivity contribution is -0.384. The molecule has 2 aromatic carbocycles. The molecule has 1 aliphatic rings. The van der Waals surface area contributed by atoms with Crippen LogP contribution >= 0.6 is 0 Å². The first-order valence-electron chi connectivity index (χ1n) is 8.44. The Bertz CT molecular complexity index is 815. The third kappa shape index (κ3) is 4.05. The van der Waals surface area contributed by atoms with Gasteiger partial charge in [0.2, 0.25) is 0 Å². The van der Waals surface area contributed by atoms with Crippen LogP contribution in [0.2, 0.25) is 0 Å². The highest BCUT2D eigenvalue weighted by molar-refractivity contribution is 5.98. The third-order valence-corrected chi connectivity index (χ3v) is 4.52. The first kappa shape index (κ1) is 17.6. The summed E-state index contributed by atoms with van der Waals surface area (Å²) in [6, 6.07) is 14.7. The standard InChI is InChI=1S/C19H19N3O4/c23-18(14-5-2-1-3-6-14)15-9-11-21(12-10-15)19(24)20-16-7-4-8-17(13-16)22(25)26/h1-8,13,15H,9-12H2,(H,20,24). The number of non-ortho nitro benzene ring substituents is 1. The molecule has 0 bridgehead atoms. The number of nitro groups is 1. The normalized spacial score (nSPS) is 14.7. The fourth-order valence-electron chi connectivity index (χ4n) is 3.08. The second-order valence-electron chi connectivity index (χ2n) is 6.23. The molecule has 1 heterocycles. The van der Waals surface area contributed by atoms with Gasteiger partial charge in [0.1, 0.15) is 0 Å². The Morgan fingerprint density at radius 2 is 1.73 bits per heavy atom. The Morgan fingerprint density at radius 1 is 1.04 bits per heavy atom. The molecule has 0 aromatic heterocycles. The van der Waals surface area contributed by atoms with Crippen LogP contribution in [0.3, 0.4) is 0 Å². The number of nitrogens with one attached hydrogen (secondary N) is 1. The van der Waals surface area contributed by atoms with Crippen molar-refractivity contribution < 1.29 is 14.5 Å². The van der Waals surface area contributed by atoms with Crippen molar-refractivity contribution in [1.29, 1.82) is 0 Å². The molecule has 7 nitrogen and oxygen atoms in total. The highest BCUT2D eigenvalue weighted by atomic mass is 16.6. The summed E-state index contributed by atoms with van der Waals surface area (Å²) in [5.74, 6) is 0.0311. The van der Waals surface area contributed by atoms with E-state index in [9.17, 15) is 19.7 Å². The first-order valence-corrected chi connectivity index (χ1v) is 8.44. The molecule has 0 unspecified atom stereocenters. The summed E-state index contributed by atoms with van der Waals surface area (Å²) in [5.41, 5.74) is 1.01. The van der Waals surface area contributed by atoms with E-state index in [2.05, 4.69) is 5.32 Å². The van der Waals surface area contributed by atoms with E-state index in [-0.39, 0.29) is 23.4 Å². The molecule has 2 amide bonds. The molecule has 0 spiro atoms. The number of Topliss-reactive ketones (excluding diaryl/α,β-unsaturated/α-hetero) is 1. The predicted molar refractivity (Wildman–Crippen MR) is 97.2 cm³/mol. The smallest absolute Gasteiger partial charge is 0.321 e. The fraction of sp³-hybridized carbons (Fsp3) is 0.263. The van der Waals surface area contributed by atoms with Crippen molar-refractivity contribution in [2.24, 2.45) is 5.92 Å². The lowest BCUT2D eigenvalue weighted by atomic mass is 9.89. The number of ketones is 1. The van der Waals surface area contributed by atoms with Crippen molar-refractivity contribution in [2.45, 2.75) is 12.8 Å². The zero-order valence-corrected chi connectivity index (χ0v) is 14.1. The highest BCUT2D eigenvalue weighted by Crippen LogP contribution is 2.23. The molecular weight excluding hydrogens is 334 g/mol. The topological polar surface area (TPSA) is 92.6 Å². The van der Waals surface area contributed by atoms with E-state index in [4.69, 9.17) is 0 Å². The summed E-state index contributed by atoms with van der Waals surface area (Å²) in [6.07, 6.45) is 1.21. The Balaban J connectivity index is 1.56. The van der Waals surface area contributed by atoms with Gasteiger partial charge in [0.25, 0.3) is 5.69 Å². The average Bonchev–Trinajstić information content (AvgIpc) is 2.68. The minimum Gasteiger partial charge on any atom is -0.324 e. The average molecular weight is 353 g/mol. The van der Waals surface area contributed by atoms with Gasteiger partial charge in [-0.05, 0) is 18.9 Å². The van der Waals surface area contributed by atoms with E-state index in [0.29, 0.717) is 37.2 Å². The zero-order valence-electron chi connectivity index (χ0n) is 14.1. The van der Waals surface area contributed by atoms with Crippen LogP contribution in [0.1, 0.15) is 23.2 Å². The van der Waals surface area contributed by atoms with E-state index < -0.39 is 4.92 Å². The predicted octanol–water partition coefficient (Wildman–Crippen LogP) is 3.72. The lowest BCUT2D eigenvalue weighted by Crippen LogP contribution is -2.42. The van der Waals surface area contributed by atoms with Crippen LogP contribution in [0.4, 0.5) is 16.2 Å². The van der Waals surface area contributed by atoms with Crippen LogP contribution in [0, 0.1) is 16.0 Å². The molecule has 1 N–H and O–H groups in total. The van der Waals surface area contributed by atoms with E-state index in [1.54, 1.807) is 11.0 Å². The molecule has 0 saturated carbocycles. The molecule has 134 valence electrons. The first-order chi connectivity index (χ1) is 12.5. The molecule has 1 aliphatic heterocycles. The Morgan fingerprint density at radius 3 is 2.38 bits per heavy atom. The maximum atomic E-state index is 12.5. The van der Waals surface area contributed by atoms with Gasteiger partial charge < -0.3 is 10.2 Å². The zero-order chi connectivity index (χ0) is 18.5. The van der Waals surface area contributed by atoms with Gasteiger partial charge in [-0.15, -0.1) is 0 Å². The number of rotatable bonds is 4. The molecular formula is C19H19N3O4. The SMILES string of the molecule is O=C(c1ccccc1)C1CCN(C(=O)Nc2cccc([N+](=O)[O-])c2)CC1. The van der Waals surface area contributed by atoms with Crippen molar-refractivity contribution >= 4 is 23.2 Å². The monoisotopic (exact) mass is 353 g/mol. The minimum absolute atomic E-state index is 0.0741. The number of carbonyl (C=O) groups excluding carboxylic acids is 2. The molecule has 0 atom stereocenters. The van der Waals surface area contributed by atoms with Crippen molar-refractivity contribution in [3.63, 3.8) is 0 Å². The third-order valence-electron chi connectivity index (χ3n) is 4.52. The van der Waals surface area contributed by atoms with Crippen LogP contribution in [0.15, 0.2) is 54.6 Å². The van der Waals surface area contributed by atoms with Crippen molar-refractivity contribution in [2.75, 3.05) is 18.4 Å². The molecule has 3 rings (SSSR count). The molecule has 1 saturated heterocycles. The second-order valence-corrected chi connectivity index (χ2v) is 6.23. The van der Waals surface area contributed by atoms with Gasteiger partial charge in [-0.25, -0.2) is 4.79 Å². The quantitative estimate of drug-likeness (QED) is 0.515. The number of hydrogen-bond acceptors (Lipinski definition) is 4. The van der Waals surface area contributed by atoms with Crippen LogP contribution in [0.25, 0.3) is 0 Å². The van der Waals surface area contributed by atoms with E-state index >= 15 is 0 Å². The molecule has 2 aromatic rings. The number of hydrogen-bond donors (Lipinski definition) is 1. The maximum Gasteiger partial charge on any atom is 0.321 e. The number of anilines is 1. The van der Waals surface area contributed by atoms with Gasteiger partial charge in [0, 0.05) is 42.4 Å². The van der Waals surface area contributed by atoms with Crippen molar-refractivity contribution in [3.05, 3.63) is 70.3 Å². The lowest BCUT2D eigenvalue weighted by Gasteiger charge is -2.31. The summed E-state index contributed by atoms with van der Waals surface area (Å²) in [5, 5.41) is 13.5. The molecule has 26 heavy (non-hydrogen) atoms. The van der Waals surface area contributed by atoms with E-state index in [1.807, 2.05) is 30.3 Å². The highest BCUT2D eigenvalue weighted by Gasteiger charge is 2.28. The molecule has 0 aliphatic carbocycles. The van der Waals surface area contributed by atoms with Crippen LogP contribution in [-0.2, 0) is 0 Å². The fourth-order valence-corrected chi connectivity index (χ4v) is 3.08. The number of urea groups is 1. The minimum atomic E-state index is -0.504. The summed E-state index contributed by atoms with van der Waals surface area (Å²) >= 11 is 0. The van der Waals surface area contributed by atoms with Gasteiger partial charge in [0.15, 0.2) is 5.78 Å². The Kier molecular flexibility index (Phi) is 5.26. The molecule has 0 radical (unpaired) electrons. The van der Waals surface area contributed by atoms with Crippen molar-refractivity contribution in [3.8, 4) is 0 Å². The van der Waals surface area contributed by atoms with Crippen LogP contribution in [0.5, 0.6) is 0 Å². The number of likely N-dealkylation sites (tertiary alicyclic amines) is 1. The Hall–Kier alpha value is -3.22. The number of carbonyl (C=O) groups is 2. The van der Waals surface area contributed by atoms with Gasteiger partial charge >= 0.3 is 6.03 Å². The Labute approximate surface area is 150 Å². The van der Waals surface area contributed by atoms with Crippen molar-refractivity contribution in [1.82, 2.24) is 4.90 Å². The maximum absolute atomic E-state index is 12.5. The van der Waals surface area contributed by atoms with E-state index in [0.717, 1.165) is 0 Å². The largest absolute Gasteiger partial charge is 0.324 e. The second kappa shape index (κ2) is 7.77. The summed E-state index contributed by atoms with van der Waals surface area (Å²) in [6.45, 7) is 0.952. The summed E-state index contributed by atoms with van der Waals surface area (Å²) in [4.78, 5) is 36.8. The summed E-state index contributed by atoms with van der Waals surface area (Å²) < 4.78 is 0. The number of nitro benzene ring substituents is 1.